The Balaban J connectivity index is 1.47. The third-order valence-electron chi connectivity index (χ3n) is 14.1. The average molecular weight is 633 g/mol. The van der Waals surface area contributed by atoms with Gasteiger partial charge in [0.2, 0.25) is 0 Å². The van der Waals surface area contributed by atoms with Crippen LogP contribution in [0.4, 0.5) is 0 Å². The topological polar surface area (TPSA) is 189 Å². The number of ether oxygens (including phenoxy) is 4. The molecule has 12 nitrogen and oxygen atoms in total. The molecule has 4 saturated carbocycles. The number of aliphatic hydroxyl groups is 4. The van der Waals surface area contributed by atoms with E-state index in [0.29, 0.717) is 0 Å². The van der Waals surface area contributed by atoms with Crippen molar-refractivity contribution < 1.29 is 58.6 Å². The first-order chi connectivity index (χ1) is 20.7. The van der Waals surface area contributed by atoms with Gasteiger partial charge in [-0.2, -0.15) is 0 Å². The second-order valence-corrected chi connectivity index (χ2v) is 15.8. The first kappa shape index (κ1) is 31.2. The van der Waals surface area contributed by atoms with Crippen LogP contribution < -0.4 is 0 Å². The molecule has 0 aromatic rings. The van der Waals surface area contributed by atoms with Crippen molar-refractivity contribution in [1.29, 1.82) is 0 Å². The summed E-state index contributed by atoms with van der Waals surface area (Å²) in [5.74, 6) is -7.60. The lowest BCUT2D eigenvalue weighted by Gasteiger charge is -2.67. The van der Waals surface area contributed by atoms with Gasteiger partial charge in [0, 0.05) is 48.9 Å². The molecule has 7 aliphatic rings. The van der Waals surface area contributed by atoms with Crippen molar-refractivity contribution in [3.63, 3.8) is 0 Å². The molecule has 45 heavy (non-hydrogen) atoms. The van der Waals surface area contributed by atoms with Gasteiger partial charge < -0.3 is 39.4 Å². The van der Waals surface area contributed by atoms with Crippen molar-refractivity contribution in [3.8, 4) is 0 Å². The Morgan fingerprint density at radius 3 is 2.16 bits per heavy atom. The standard InChI is InChI=1S/C33H44O12/c1-11-9-16-30(6,32(8,40)28(39)45-16)21-18(11)29(5)20(24(21)42-13(3)34)17-19(12(2)25(29)37)31(7)27(43-14(4)35)23-15(44-23)10-33(31,41)26(38)22(17)36/h9,11-12,15,17-25,27,36-37,40-41H,10H2,1-8H3/t11-,12+,15+,17-,18+,19+,20-,21+,22-,23+,24-,25+,27+,29-,30+,31+,32-,33+/m1/s1. The minimum atomic E-state index is -2.14. The Bertz CT molecular complexity index is 1440. The van der Waals surface area contributed by atoms with Gasteiger partial charge in [-0.15, -0.1) is 0 Å². The molecule has 5 aliphatic carbocycles. The van der Waals surface area contributed by atoms with Crippen molar-refractivity contribution in [2.45, 2.75) is 110 Å². The molecule has 0 bridgehead atoms. The highest BCUT2D eigenvalue weighted by Crippen LogP contribution is 2.76. The SMILES string of the molecule is CC(=O)O[C@@H]1[C@H]2[C@H]3[C@H]([C@H](C)[C@H](O)[C@]2(C)[C@@H]2[C@@H]1[C@]1(C)C(=C[C@H]2C)OC(=O)[C@@]1(C)O)[C@@]1(C)[C@@H](OC(C)=O)[C@H]2O[C@H]2C[C@]1(O)C(=O)[C@@H]3O. The van der Waals surface area contributed by atoms with E-state index in [-0.39, 0.29) is 18.1 Å². The van der Waals surface area contributed by atoms with E-state index >= 15 is 0 Å². The van der Waals surface area contributed by atoms with Gasteiger partial charge in [0.1, 0.15) is 35.8 Å². The monoisotopic (exact) mass is 632 g/mol. The van der Waals surface area contributed by atoms with Crippen molar-refractivity contribution in [3.05, 3.63) is 11.8 Å². The van der Waals surface area contributed by atoms with Crippen LogP contribution in [0.5, 0.6) is 0 Å². The van der Waals surface area contributed by atoms with E-state index in [1.807, 2.05) is 20.8 Å². The summed E-state index contributed by atoms with van der Waals surface area (Å²) in [6.07, 6.45) is -4.41. The molecule has 12 heteroatoms. The van der Waals surface area contributed by atoms with E-state index in [1.54, 1.807) is 19.9 Å². The second kappa shape index (κ2) is 8.94. The van der Waals surface area contributed by atoms with Gasteiger partial charge in [-0.05, 0) is 43.6 Å². The molecule has 0 aromatic carbocycles. The van der Waals surface area contributed by atoms with Gasteiger partial charge in [0.15, 0.2) is 11.4 Å². The highest BCUT2D eigenvalue weighted by Gasteiger charge is 2.84. The number of hydrogen-bond donors (Lipinski definition) is 4. The summed E-state index contributed by atoms with van der Waals surface area (Å²) in [5.41, 5.74) is -8.15. The summed E-state index contributed by atoms with van der Waals surface area (Å²) in [6, 6.07) is 0. The largest absolute Gasteiger partial charge is 0.462 e. The van der Waals surface area contributed by atoms with E-state index < -0.39 is 123 Å². The van der Waals surface area contributed by atoms with Crippen LogP contribution in [0, 0.1) is 57.7 Å². The number of rotatable bonds is 2. The minimum absolute atomic E-state index is 0.0981. The van der Waals surface area contributed by atoms with Gasteiger partial charge in [-0.3, -0.25) is 14.4 Å². The van der Waals surface area contributed by atoms with Crippen LogP contribution in [0.2, 0.25) is 0 Å². The molecule has 6 fully saturated rings. The van der Waals surface area contributed by atoms with Crippen molar-refractivity contribution in [2.24, 2.45) is 57.7 Å². The van der Waals surface area contributed by atoms with Crippen LogP contribution in [-0.2, 0) is 38.1 Å². The summed E-state index contributed by atoms with van der Waals surface area (Å²) in [6.45, 7) is 12.8. The molecule has 0 amide bonds. The molecule has 2 saturated heterocycles. The Morgan fingerprint density at radius 1 is 0.933 bits per heavy atom. The molecular formula is C33H44O12. The van der Waals surface area contributed by atoms with Crippen LogP contribution in [0.25, 0.3) is 0 Å². The molecule has 18 atom stereocenters. The number of carbonyl (C=O) groups is 4. The molecule has 4 N–H and O–H groups in total. The van der Waals surface area contributed by atoms with Crippen LogP contribution in [0.1, 0.15) is 61.8 Å². The maximum absolute atomic E-state index is 14.3. The van der Waals surface area contributed by atoms with Gasteiger partial charge in [-0.1, -0.05) is 27.7 Å². The fraction of sp³-hybridized carbons (Fsp3) is 0.818. The molecule has 0 unspecified atom stereocenters. The highest BCUT2D eigenvalue weighted by atomic mass is 16.6. The first-order valence-electron chi connectivity index (χ1n) is 16.0. The van der Waals surface area contributed by atoms with E-state index in [9.17, 15) is 39.6 Å². The van der Waals surface area contributed by atoms with E-state index in [0.717, 1.165) is 0 Å². The zero-order chi connectivity index (χ0) is 33.1. The average Bonchev–Trinajstić information content (AvgIpc) is 3.61. The zero-order valence-electron chi connectivity index (χ0n) is 26.8. The minimum Gasteiger partial charge on any atom is -0.462 e. The van der Waals surface area contributed by atoms with Crippen LogP contribution in [-0.4, -0.2) is 91.9 Å². The van der Waals surface area contributed by atoms with Crippen molar-refractivity contribution >= 4 is 23.7 Å². The summed E-state index contributed by atoms with van der Waals surface area (Å²) in [7, 11) is 0. The number of fused-ring (bicyclic) bond motifs is 10. The van der Waals surface area contributed by atoms with Crippen LogP contribution >= 0.6 is 0 Å². The number of allylic oxidation sites excluding steroid dienone is 1. The predicted molar refractivity (Wildman–Crippen MR) is 151 cm³/mol. The lowest BCUT2D eigenvalue weighted by molar-refractivity contribution is -0.280. The molecule has 2 aliphatic heterocycles. The lowest BCUT2D eigenvalue weighted by atomic mass is 9.38. The third kappa shape index (κ3) is 3.30. The quantitative estimate of drug-likeness (QED) is 0.189. The molecule has 7 rings (SSSR count). The second-order valence-electron chi connectivity index (χ2n) is 15.8. The van der Waals surface area contributed by atoms with Gasteiger partial charge in [0.25, 0.3) is 0 Å². The third-order valence-corrected chi connectivity index (χ3v) is 14.1. The summed E-state index contributed by atoms with van der Waals surface area (Å²) in [4.78, 5) is 52.7. The molecule has 2 heterocycles. The Kier molecular flexibility index (Phi) is 6.21. The van der Waals surface area contributed by atoms with E-state index in [4.69, 9.17) is 18.9 Å². The van der Waals surface area contributed by atoms with E-state index in [2.05, 4.69) is 0 Å². The Morgan fingerprint density at radius 2 is 1.56 bits per heavy atom. The first-order valence-corrected chi connectivity index (χ1v) is 16.0. The van der Waals surface area contributed by atoms with Crippen molar-refractivity contribution in [2.75, 3.05) is 0 Å². The normalized spacial score (nSPS) is 58.8. The number of ketones is 1. The van der Waals surface area contributed by atoms with Crippen LogP contribution in [0.15, 0.2) is 11.8 Å². The number of hydrogen-bond acceptors (Lipinski definition) is 12. The molecular weight excluding hydrogens is 588 g/mol. The number of Topliss-reactive ketones (excluding diaryl/α,β-unsaturated/α-hetero) is 1. The maximum atomic E-state index is 14.3. The molecule has 0 aromatic heterocycles. The Labute approximate surface area is 261 Å². The molecule has 0 radical (unpaired) electrons. The number of epoxide rings is 1. The van der Waals surface area contributed by atoms with Gasteiger partial charge >= 0.3 is 17.9 Å². The number of aliphatic hydroxyl groups excluding tert-OH is 2. The summed E-state index contributed by atoms with van der Waals surface area (Å²) < 4.78 is 23.4. The fourth-order valence-electron chi connectivity index (χ4n) is 12.1. The number of carbonyl (C=O) groups excluding carboxylic acids is 4. The summed E-state index contributed by atoms with van der Waals surface area (Å²) in [5, 5.41) is 48.6. The maximum Gasteiger partial charge on any atom is 0.343 e. The summed E-state index contributed by atoms with van der Waals surface area (Å²) >= 11 is 0. The highest BCUT2D eigenvalue weighted by molar-refractivity contribution is 5.94. The zero-order valence-corrected chi connectivity index (χ0v) is 26.8. The molecule has 0 spiro atoms. The van der Waals surface area contributed by atoms with E-state index in [1.165, 1.54) is 20.8 Å². The van der Waals surface area contributed by atoms with Crippen LogP contribution in [0.3, 0.4) is 0 Å². The Hall–Kier alpha value is -2.38. The lowest BCUT2D eigenvalue weighted by Crippen LogP contribution is -2.78. The molecule has 248 valence electrons. The van der Waals surface area contributed by atoms with Gasteiger partial charge in [-0.25, -0.2) is 4.79 Å². The smallest absolute Gasteiger partial charge is 0.343 e. The van der Waals surface area contributed by atoms with Crippen molar-refractivity contribution in [1.82, 2.24) is 0 Å². The predicted octanol–water partition coefficient (Wildman–Crippen LogP) is 0.661. The number of esters is 3. The fourth-order valence-corrected chi connectivity index (χ4v) is 12.1. The van der Waals surface area contributed by atoms with Gasteiger partial charge in [0.05, 0.1) is 17.6 Å².